The Hall–Kier alpha value is -3.09. The predicted molar refractivity (Wildman–Crippen MR) is 225 cm³/mol. The van der Waals surface area contributed by atoms with Crippen molar-refractivity contribution in [1.82, 2.24) is 19.6 Å². The van der Waals surface area contributed by atoms with Crippen LogP contribution in [0, 0.1) is 14.9 Å². The van der Waals surface area contributed by atoms with Crippen molar-refractivity contribution in [3.05, 3.63) is 158 Å². The van der Waals surface area contributed by atoms with Gasteiger partial charge in [-0.25, -0.2) is 0 Å². The van der Waals surface area contributed by atoms with Gasteiger partial charge in [-0.3, -0.25) is 29.2 Å². The van der Waals surface area contributed by atoms with Crippen LogP contribution in [0.1, 0.15) is 75.9 Å². The maximum atomic E-state index is 11.0. The molecule has 56 heavy (non-hydrogen) atoms. The Morgan fingerprint density at radius 3 is 0.929 bits per heavy atom. The van der Waals surface area contributed by atoms with E-state index in [2.05, 4.69) is 121 Å². The molecule has 4 aromatic carbocycles. The van der Waals surface area contributed by atoms with Crippen LogP contribution in [-0.2, 0) is 48.5 Å². The summed E-state index contributed by atoms with van der Waals surface area (Å²) in [5.41, 5.74) is 5.12. The second kappa shape index (κ2) is 30.0. The second-order valence-corrected chi connectivity index (χ2v) is 12.9. The molecule has 0 aromatic heterocycles. The van der Waals surface area contributed by atoms with Gasteiger partial charge in [0, 0.05) is 90.3 Å². The molecule has 0 bridgehead atoms. The van der Waals surface area contributed by atoms with Crippen molar-refractivity contribution < 1.29 is 58.8 Å². The van der Waals surface area contributed by atoms with Crippen LogP contribution in [-0.4, -0.2) is 106 Å². The molecule has 2 saturated heterocycles. The van der Waals surface area contributed by atoms with Crippen LogP contribution in [0.25, 0.3) is 0 Å². The van der Waals surface area contributed by atoms with Crippen LogP contribution in [0.5, 0.6) is 0 Å². The molecule has 0 amide bonds. The third kappa shape index (κ3) is 16.8. The molecule has 2 N–H and O–H groups in total. The SMILES string of the molecule is CC.CC.C[C@@H]1CN(C(c2ccccc2)c2ccccc2)CCN1CC(=O)O.C[C@H]1CN(C(c2ccccc2)c2ccccc2)CCN1CC(=O)O.[CH3-].[CH3-].[Rh].[Rh]. The van der Waals surface area contributed by atoms with Gasteiger partial charge in [-0.05, 0) is 36.1 Å². The van der Waals surface area contributed by atoms with E-state index in [9.17, 15) is 9.59 Å². The maximum Gasteiger partial charge on any atom is 0.317 e. The Balaban J connectivity index is 0. The zero-order valence-electron chi connectivity index (χ0n) is 34.7. The molecule has 2 fully saturated rings. The van der Waals surface area contributed by atoms with Crippen LogP contribution in [0.2, 0.25) is 0 Å². The van der Waals surface area contributed by atoms with Gasteiger partial charge in [-0.1, -0.05) is 149 Å². The summed E-state index contributed by atoms with van der Waals surface area (Å²) in [5, 5.41) is 18.1. The summed E-state index contributed by atoms with van der Waals surface area (Å²) in [7, 11) is 0. The minimum Gasteiger partial charge on any atom is -0.480 e. The van der Waals surface area contributed by atoms with Crippen molar-refractivity contribution >= 4 is 11.9 Å². The largest absolute Gasteiger partial charge is 0.480 e. The average molecular weight is 945 g/mol. The number of piperazine rings is 2. The van der Waals surface area contributed by atoms with Crippen molar-refractivity contribution in [2.45, 2.75) is 65.7 Å². The summed E-state index contributed by atoms with van der Waals surface area (Å²) in [6.45, 7) is 17.5. The van der Waals surface area contributed by atoms with E-state index in [4.69, 9.17) is 10.2 Å². The monoisotopic (exact) mass is 944 g/mol. The minimum absolute atomic E-state index is 0. The van der Waals surface area contributed by atoms with Gasteiger partial charge in [0.2, 0.25) is 0 Å². The van der Waals surface area contributed by atoms with Gasteiger partial charge in [-0.2, -0.15) is 0 Å². The molecule has 2 aliphatic rings. The molecule has 0 spiro atoms. The van der Waals surface area contributed by atoms with Crippen LogP contribution < -0.4 is 0 Å². The van der Waals surface area contributed by atoms with Crippen molar-refractivity contribution in [1.29, 1.82) is 0 Å². The third-order valence-corrected chi connectivity index (χ3v) is 9.46. The molecule has 0 aliphatic carbocycles. The Morgan fingerprint density at radius 1 is 0.500 bits per heavy atom. The number of hydrogen-bond donors (Lipinski definition) is 2. The van der Waals surface area contributed by atoms with Crippen LogP contribution in [0.3, 0.4) is 0 Å². The van der Waals surface area contributed by atoms with Gasteiger partial charge < -0.3 is 25.1 Å². The van der Waals surface area contributed by atoms with Crippen molar-refractivity contribution in [2.24, 2.45) is 0 Å². The smallest absolute Gasteiger partial charge is 0.317 e. The summed E-state index contributed by atoms with van der Waals surface area (Å²) < 4.78 is 0. The molecule has 314 valence electrons. The van der Waals surface area contributed by atoms with E-state index in [0.29, 0.717) is 0 Å². The van der Waals surface area contributed by atoms with Crippen LogP contribution in [0.4, 0.5) is 0 Å². The van der Waals surface area contributed by atoms with E-state index in [1.807, 2.05) is 61.8 Å². The molecule has 0 unspecified atom stereocenters. The van der Waals surface area contributed by atoms with E-state index in [0.717, 1.165) is 39.3 Å². The van der Waals surface area contributed by atoms with E-state index in [-0.39, 0.29) is 91.1 Å². The number of benzene rings is 4. The molecular weight excluding hydrogens is 878 g/mol. The van der Waals surface area contributed by atoms with Crippen LogP contribution in [0.15, 0.2) is 121 Å². The molecular formula is C46H66N4O4Rh2-2. The van der Waals surface area contributed by atoms with Gasteiger partial charge >= 0.3 is 11.9 Å². The first-order valence-electron chi connectivity index (χ1n) is 18.9. The standard InChI is InChI=1S/2C20H24N2O2.2C2H6.2CH3.2Rh/c2*1-16-14-22(13-12-21(16)15-19(23)24)20(17-8-4-2-5-9-17)18-10-6-3-7-11-18;2*1-2;;;;/h2*2-11,16,20H,12-15H2,1H3,(H,23,24);2*1-2H3;2*1H3;;/q;;;;2*-1;;/t2*16-;;;;;;/m10....../s1. The third-order valence-electron chi connectivity index (χ3n) is 9.46. The molecule has 2 radical (unpaired) electrons. The number of carbonyl (C=O) groups is 2. The topological polar surface area (TPSA) is 87.6 Å². The summed E-state index contributed by atoms with van der Waals surface area (Å²) in [6.07, 6.45) is 0. The van der Waals surface area contributed by atoms with Crippen molar-refractivity contribution in [2.75, 3.05) is 52.4 Å². The first-order chi connectivity index (χ1) is 25.3. The van der Waals surface area contributed by atoms with E-state index < -0.39 is 11.9 Å². The number of nitrogens with zero attached hydrogens (tertiary/aromatic N) is 4. The van der Waals surface area contributed by atoms with Crippen molar-refractivity contribution in [3.63, 3.8) is 0 Å². The Bertz CT molecular complexity index is 1370. The molecule has 4 aromatic rings. The quantitative estimate of drug-likeness (QED) is 0.121. The number of hydrogen-bond acceptors (Lipinski definition) is 6. The molecule has 2 aliphatic heterocycles. The molecule has 10 heteroatoms. The van der Waals surface area contributed by atoms with E-state index in [1.54, 1.807) is 0 Å². The number of carboxylic acid groups (broad SMARTS) is 2. The Kier molecular flexibility index (Phi) is 29.5. The van der Waals surface area contributed by atoms with Gasteiger partial charge in [0.15, 0.2) is 0 Å². The zero-order valence-corrected chi connectivity index (χ0v) is 38.0. The summed E-state index contributed by atoms with van der Waals surface area (Å²) in [6, 6.07) is 43.0. The summed E-state index contributed by atoms with van der Waals surface area (Å²) in [5.74, 6) is -1.50. The molecule has 2 atom stereocenters. The fraction of sp³-hybridized carbons (Fsp3) is 0.391. The van der Waals surface area contributed by atoms with Gasteiger partial charge in [0.25, 0.3) is 0 Å². The zero-order chi connectivity index (χ0) is 37.9. The summed E-state index contributed by atoms with van der Waals surface area (Å²) in [4.78, 5) is 31.1. The fourth-order valence-corrected chi connectivity index (χ4v) is 7.10. The Labute approximate surface area is 364 Å². The van der Waals surface area contributed by atoms with Crippen LogP contribution >= 0.6 is 0 Å². The fourth-order valence-electron chi connectivity index (χ4n) is 7.10. The summed E-state index contributed by atoms with van der Waals surface area (Å²) >= 11 is 0. The number of carboxylic acids is 2. The first kappa shape index (κ1) is 55.0. The van der Waals surface area contributed by atoms with E-state index >= 15 is 0 Å². The molecule has 0 saturated carbocycles. The first-order valence-corrected chi connectivity index (χ1v) is 18.9. The molecule has 2 heterocycles. The van der Waals surface area contributed by atoms with Gasteiger partial charge in [0.1, 0.15) is 0 Å². The molecule has 6 rings (SSSR count). The average Bonchev–Trinajstić information content (AvgIpc) is 3.17. The minimum atomic E-state index is -0.752. The number of aliphatic carboxylic acids is 2. The predicted octanol–water partition coefficient (Wildman–Crippen LogP) is 8.68. The van der Waals surface area contributed by atoms with Crippen molar-refractivity contribution in [3.8, 4) is 0 Å². The molecule has 8 nitrogen and oxygen atoms in total. The maximum absolute atomic E-state index is 11.0. The second-order valence-electron chi connectivity index (χ2n) is 12.9. The Morgan fingerprint density at radius 2 is 0.732 bits per heavy atom. The van der Waals surface area contributed by atoms with Gasteiger partial charge in [-0.15, -0.1) is 0 Å². The number of rotatable bonds is 10. The normalized spacial score (nSPS) is 16.9. The van der Waals surface area contributed by atoms with E-state index in [1.165, 1.54) is 22.3 Å². The van der Waals surface area contributed by atoms with Gasteiger partial charge in [0.05, 0.1) is 25.2 Å².